The van der Waals surface area contributed by atoms with E-state index in [9.17, 15) is 4.79 Å². The summed E-state index contributed by atoms with van der Waals surface area (Å²) >= 11 is 0. The van der Waals surface area contributed by atoms with E-state index in [-0.39, 0.29) is 5.97 Å². The number of esters is 1. The number of likely N-dealkylation sites (N-methyl/N-ethyl adjacent to an activating group) is 1. The predicted octanol–water partition coefficient (Wildman–Crippen LogP) is 1.79. The van der Waals surface area contributed by atoms with E-state index in [1.54, 1.807) is 0 Å². The molecule has 4 nitrogen and oxygen atoms in total. The first-order chi connectivity index (χ1) is 9.05. The Hall–Kier alpha value is -0.610. The van der Waals surface area contributed by atoms with Crippen LogP contribution in [0.15, 0.2) is 0 Å². The highest BCUT2D eigenvalue weighted by molar-refractivity contribution is 5.82. The number of carbonyl (C=O) groups is 1. The third-order valence-corrected chi connectivity index (χ3v) is 5.08. The van der Waals surface area contributed by atoms with E-state index in [1.165, 1.54) is 26.4 Å². The molecule has 1 aliphatic carbocycles. The number of nitrogens with zero attached hydrogens (tertiary/aromatic N) is 1. The minimum absolute atomic E-state index is 0.0949. The second-order valence-corrected chi connectivity index (χ2v) is 6.29. The molecule has 0 spiro atoms. The molecular weight excluding hydrogens is 240 g/mol. The topological polar surface area (TPSA) is 41.6 Å². The van der Waals surface area contributed by atoms with E-state index < -0.39 is 5.54 Å². The summed E-state index contributed by atoms with van der Waals surface area (Å²) in [6.07, 6.45) is 6.03. The quantitative estimate of drug-likeness (QED) is 0.772. The maximum absolute atomic E-state index is 12.3. The molecule has 0 aromatic carbocycles. The monoisotopic (exact) mass is 268 g/mol. The van der Waals surface area contributed by atoms with Gasteiger partial charge in [-0.15, -0.1) is 0 Å². The lowest BCUT2D eigenvalue weighted by Gasteiger charge is -2.44. The van der Waals surface area contributed by atoms with Crippen molar-refractivity contribution >= 4 is 5.97 Å². The number of ether oxygens (including phenoxy) is 1. The van der Waals surface area contributed by atoms with E-state index in [0.717, 1.165) is 19.4 Å². The highest BCUT2D eigenvalue weighted by atomic mass is 16.5. The molecular formula is C15H28N2O2. The van der Waals surface area contributed by atoms with Gasteiger partial charge in [-0.05, 0) is 52.5 Å². The molecule has 2 aliphatic rings. The maximum atomic E-state index is 12.3. The minimum Gasteiger partial charge on any atom is -0.468 e. The molecule has 0 aromatic heterocycles. The van der Waals surface area contributed by atoms with Gasteiger partial charge in [-0.1, -0.05) is 6.42 Å². The molecule has 0 amide bonds. The second-order valence-electron chi connectivity index (χ2n) is 6.29. The summed E-state index contributed by atoms with van der Waals surface area (Å²) in [7, 11) is 3.40. The minimum atomic E-state index is -0.505. The first-order valence-corrected chi connectivity index (χ1v) is 7.58. The summed E-state index contributed by atoms with van der Waals surface area (Å²) in [5.74, 6) is 0.341. The smallest absolute Gasteiger partial charge is 0.327 e. The van der Waals surface area contributed by atoms with Crippen LogP contribution in [-0.4, -0.2) is 49.2 Å². The average molecular weight is 268 g/mol. The summed E-state index contributed by atoms with van der Waals surface area (Å²) < 4.78 is 5.09. The molecule has 1 aliphatic heterocycles. The molecule has 1 heterocycles. The zero-order valence-electron chi connectivity index (χ0n) is 12.7. The van der Waals surface area contributed by atoms with Crippen LogP contribution in [0.25, 0.3) is 0 Å². The van der Waals surface area contributed by atoms with Crippen LogP contribution in [0.5, 0.6) is 0 Å². The van der Waals surface area contributed by atoms with Gasteiger partial charge in [0, 0.05) is 18.6 Å². The molecule has 4 heteroatoms. The fourth-order valence-corrected chi connectivity index (χ4v) is 3.58. The molecule has 2 rings (SSSR count). The Balaban J connectivity index is 2.17. The highest BCUT2D eigenvalue weighted by Gasteiger charge is 2.52. The zero-order chi connectivity index (χ0) is 14.0. The number of likely N-dealkylation sites (tertiary alicyclic amines) is 1. The second kappa shape index (κ2) is 5.80. The number of nitrogens with one attached hydrogen (secondary N) is 1. The standard InChI is InChI=1S/C15H28N2O2/c1-11-6-5-7-12(2)17(11)10-15(16-3,13-8-9-13)14(18)19-4/h11-13,16H,5-10H2,1-4H3/t11-,12+,15?. The number of rotatable bonds is 5. The van der Waals surface area contributed by atoms with E-state index in [1.807, 2.05) is 7.05 Å². The van der Waals surface area contributed by atoms with Crippen molar-refractivity contribution in [2.45, 2.75) is 63.6 Å². The van der Waals surface area contributed by atoms with E-state index in [0.29, 0.717) is 18.0 Å². The van der Waals surface area contributed by atoms with Crippen LogP contribution in [0.2, 0.25) is 0 Å². The normalized spacial score (nSPS) is 31.8. The van der Waals surface area contributed by atoms with Gasteiger partial charge in [0.05, 0.1) is 7.11 Å². The van der Waals surface area contributed by atoms with Gasteiger partial charge < -0.3 is 10.1 Å². The van der Waals surface area contributed by atoms with E-state index in [4.69, 9.17) is 4.74 Å². The van der Waals surface area contributed by atoms with Gasteiger partial charge in [0.15, 0.2) is 0 Å². The fraction of sp³-hybridized carbons (Fsp3) is 0.933. The van der Waals surface area contributed by atoms with Crippen molar-refractivity contribution in [1.29, 1.82) is 0 Å². The Kier molecular flexibility index (Phi) is 4.51. The molecule has 1 unspecified atom stereocenters. The van der Waals surface area contributed by atoms with Crippen LogP contribution in [0.4, 0.5) is 0 Å². The van der Waals surface area contributed by atoms with Gasteiger partial charge in [-0.2, -0.15) is 0 Å². The van der Waals surface area contributed by atoms with Crippen molar-refractivity contribution in [1.82, 2.24) is 10.2 Å². The third-order valence-electron chi connectivity index (χ3n) is 5.08. The van der Waals surface area contributed by atoms with Crippen LogP contribution in [-0.2, 0) is 9.53 Å². The Bertz CT molecular complexity index is 320. The lowest BCUT2D eigenvalue weighted by Crippen LogP contribution is -2.63. The first-order valence-electron chi connectivity index (χ1n) is 7.58. The molecule has 1 saturated carbocycles. The molecule has 0 radical (unpaired) electrons. The summed E-state index contributed by atoms with van der Waals surface area (Å²) in [4.78, 5) is 14.8. The van der Waals surface area contributed by atoms with Crippen molar-refractivity contribution in [2.75, 3.05) is 20.7 Å². The van der Waals surface area contributed by atoms with Gasteiger partial charge in [-0.25, -0.2) is 4.79 Å². The van der Waals surface area contributed by atoms with E-state index >= 15 is 0 Å². The maximum Gasteiger partial charge on any atom is 0.327 e. The summed E-state index contributed by atoms with van der Waals surface area (Å²) in [5, 5.41) is 3.30. The Morgan fingerprint density at radius 1 is 1.26 bits per heavy atom. The van der Waals surface area contributed by atoms with E-state index in [2.05, 4.69) is 24.1 Å². The van der Waals surface area contributed by atoms with Gasteiger partial charge in [0.1, 0.15) is 5.54 Å². The van der Waals surface area contributed by atoms with Crippen molar-refractivity contribution in [3.63, 3.8) is 0 Å². The number of hydrogen-bond donors (Lipinski definition) is 1. The van der Waals surface area contributed by atoms with Crippen LogP contribution >= 0.6 is 0 Å². The lowest BCUT2D eigenvalue weighted by molar-refractivity contribution is -0.151. The molecule has 110 valence electrons. The summed E-state index contributed by atoms with van der Waals surface area (Å²) in [6.45, 7) is 5.34. The van der Waals surface area contributed by atoms with Gasteiger partial charge >= 0.3 is 5.97 Å². The van der Waals surface area contributed by atoms with Gasteiger partial charge in [-0.3, -0.25) is 4.90 Å². The first kappa shape index (κ1) is 14.8. The number of piperidine rings is 1. The average Bonchev–Trinajstić information content (AvgIpc) is 3.23. The lowest BCUT2D eigenvalue weighted by atomic mass is 9.88. The molecule has 1 saturated heterocycles. The largest absolute Gasteiger partial charge is 0.468 e. The third kappa shape index (κ3) is 2.79. The SMILES string of the molecule is CNC(CN1[C@H](C)CCC[C@@H]1C)(C(=O)OC)C1CC1. The predicted molar refractivity (Wildman–Crippen MR) is 76.0 cm³/mol. The van der Waals surface area contributed by atoms with Crippen molar-refractivity contribution in [3.05, 3.63) is 0 Å². The number of methoxy groups -OCH3 is 1. The zero-order valence-corrected chi connectivity index (χ0v) is 12.7. The number of hydrogen-bond acceptors (Lipinski definition) is 4. The molecule has 3 atom stereocenters. The van der Waals surface area contributed by atoms with Crippen LogP contribution < -0.4 is 5.32 Å². The van der Waals surface area contributed by atoms with Crippen molar-refractivity contribution in [2.24, 2.45) is 5.92 Å². The fourth-order valence-electron chi connectivity index (χ4n) is 3.58. The Morgan fingerprint density at radius 2 is 1.84 bits per heavy atom. The van der Waals surface area contributed by atoms with Crippen LogP contribution in [0, 0.1) is 5.92 Å². The number of carbonyl (C=O) groups excluding carboxylic acids is 1. The molecule has 2 fully saturated rings. The summed E-state index contributed by atoms with van der Waals surface area (Å²) in [5.41, 5.74) is -0.505. The Morgan fingerprint density at radius 3 is 2.26 bits per heavy atom. The Labute approximate surface area is 116 Å². The molecule has 0 bridgehead atoms. The summed E-state index contributed by atoms with van der Waals surface area (Å²) in [6, 6.07) is 1.11. The molecule has 1 N–H and O–H groups in total. The van der Waals surface area contributed by atoms with Crippen LogP contribution in [0.3, 0.4) is 0 Å². The molecule has 19 heavy (non-hydrogen) atoms. The van der Waals surface area contributed by atoms with Crippen molar-refractivity contribution in [3.8, 4) is 0 Å². The molecule has 0 aromatic rings. The highest BCUT2D eigenvalue weighted by Crippen LogP contribution is 2.42. The van der Waals surface area contributed by atoms with Gasteiger partial charge in [0.25, 0.3) is 0 Å². The van der Waals surface area contributed by atoms with Gasteiger partial charge in [0.2, 0.25) is 0 Å². The van der Waals surface area contributed by atoms with Crippen molar-refractivity contribution < 1.29 is 9.53 Å². The van der Waals surface area contributed by atoms with Crippen LogP contribution in [0.1, 0.15) is 46.0 Å².